The minimum Gasteiger partial charge on any atom is -0.477 e. The molecule has 1 aliphatic heterocycles. The summed E-state index contributed by atoms with van der Waals surface area (Å²) in [4.78, 5) is 32.6. The second kappa shape index (κ2) is 8.37. The molecule has 4 rings (SSSR count). The first-order valence-corrected chi connectivity index (χ1v) is 10.6. The number of fused-ring (bicyclic) bond motifs is 2. The first-order valence-electron chi connectivity index (χ1n) is 10.6. The summed E-state index contributed by atoms with van der Waals surface area (Å²) in [5.74, 6) is 0.0258. The number of para-hydroxylation sites is 2. The van der Waals surface area contributed by atoms with Gasteiger partial charge in [0, 0.05) is 17.4 Å². The van der Waals surface area contributed by atoms with Crippen molar-refractivity contribution in [3.63, 3.8) is 0 Å². The van der Waals surface area contributed by atoms with Gasteiger partial charge in [-0.05, 0) is 44.9 Å². The third kappa shape index (κ3) is 3.85. The second-order valence-corrected chi connectivity index (χ2v) is 7.84. The Kier molecular flexibility index (Phi) is 5.63. The van der Waals surface area contributed by atoms with Crippen molar-refractivity contribution >= 4 is 23.1 Å². The molecule has 0 saturated heterocycles. The summed E-state index contributed by atoms with van der Waals surface area (Å²) in [6, 6.07) is 9.25. The zero-order valence-corrected chi connectivity index (χ0v) is 18.3. The van der Waals surface area contributed by atoms with E-state index in [9.17, 15) is 9.59 Å². The number of carbonyl (C=O) groups is 2. The van der Waals surface area contributed by atoms with Crippen molar-refractivity contribution in [3.05, 3.63) is 53.5 Å². The van der Waals surface area contributed by atoms with Crippen molar-refractivity contribution in [2.24, 2.45) is 0 Å². The number of nitrogens with zero attached hydrogens (tertiary/aromatic N) is 4. The van der Waals surface area contributed by atoms with E-state index in [0.29, 0.717) is 22.6 Å². The topological polar surface area (TPSA) is 88.8 Å². The van der Waals surface area contributed by atoms with E-state index in [4.69, 9.17) is 4.74 Å². The van der Waals surface area contributed by atoms with E-state index in [1.54, 1.807) is 15.5 Å². The fourth-order valence-corrected chi connectivity index (χ4v) is 3.92. The van der Waals surface area contributed by atoms with Gasteiger partial charge in [-0.15, -0.1) is 0 Å². The molecule has 8 nitrogen and oxygen atoms in total. The number of nitrogens with one attached hydrogen (secondary N) is 1. The molecule has 1 unspecified atom stereocenters. The zero-order chi connectivity index (χ0) is 22.1. The predicted molar refractivity (Wildman–Crippen MR) is 118 cm³/mol. The lowest BCUT2D eigenvalue weighted by Gasteiger charge is -2.34. The summed E-state index contributed by atoms with van der Waals surface area (Å²) in [5, 5.41) is 7.37. The van der Waals surface area contributed by atoms with Crippen LogP contribution < -0.4 is 15.0 Å². The number of aromatic nitrogens is 3. The molecule has 2 aromatic heterocycles. The molecule has 1 aromatic carbocycles. The number of rotatable bonds is 5. The first kappa shape index (κ1) is 20.8. The lowest BCUT2D eigenvalue weighted by molar-refractivity contribution is -0.128. The molecule has 1 N–H and O–H groups in total. The van der Waals surface area contributed by atoms with Crippen LogP contribution >= 0.6 is 0 Å². The van der Waals surface area contributed by atoms with Crippen LogP contribution in [0, 0.1) is 13.8 Å². The molecule has 8 heteroatoms. The zero-order valence-electron chi connectivity index (χ0n) is 18.3. The van der Waals surface area contributed by atoms with Crippen LogP contribution in [-0.4, -0.2) is 45.1 Å². The third-order valence-electron chi connectivity index (χ3n) is 5.65. The summed E-state index contributed by atoms with van der Waals surface area (Å²) in [6.45, 7) is 7.98. The van der Waals surface area contributed by atoms with Gasteiger partial charge in [0.2, 0.25) is 0 Å². The fourth-order valence-electron chi connectivity index (χ4n) is 3.92. The average molecular weight is 422 g/mol. The van der Waals surface area contributed by atoms with Crippen LogP contribution in [-0.2, 0) is 4.79 Å². The molecule has 0 bridgehead atoms. The Morgan fingerprint density at radius 2 is 1.97 bits per heavy atom. The molecule has 31 heavy (non-hydrogen) atoms. The number of benzene rings is 1. The van der Waals surface area contributed by atoms with Gasteiger partial charge in [0.1, 0.15) is 11.3 Å². The molecule has 3 aromatic rings. The van der Waals surface area contributed by atoms with Crippen LogP contribution in [0.4, 0.5) is 5.69 Å². The lowest BCUT2D eigenvalue weighted by atomic mass is 10.1. The molecule has 1 aliphatic rings. The van der Waals surface area contributed by atoms with Gasteiger partial charge in [-0.25, -0.2) is 9.50 Å². The average Bonchev–Trinajstić information content (AvgIpc) is 3.20. The van der Waals surface area contributed by atoms with Crippen molar-refractivity contribution in [2.75, 3.05) is 11.4 Å². The standard InChI is InChI=1S/C23H27N5O3/c1-5-16(6-2)26-22(29)20-13-27(18-9-7-8-10-19(18)31-20)23(30)17-12-24-28-15(4)11-14(3)25-21(17)28/h7-12,16,20H,5-6,13H2,1-4H3,(H,26,29). The number of hydrogen-bond donors (Lipinski definition) is 1. The van der Waals surface area contributed by atoms with Crippen molar-refractivity contribution < 1.29 is 14.3 Å². The Morgan fingerprint density at radius 1 is 1.23 bits per heavy atom. The Bertz CT molecular complexity index is 1140. The highest BCUT2D eigenvalue weighted by Gasteiger charge is 2.35. The molecule has 2 amide bonds. The molecule has 0 fully saturated rings. The highest BCUT2D eigenvalue weighted by molar-refractivity contribution is 6.11. The summed E-state index contributed by atoms with van der Waals surface area (Å²) >= 11 is 0. The number of carbonyl (C=O) groups excluding carboxylic acids is 2. The van der Waals surface area contributed by atoms with Gasteiger partial charge in [0.25, 0.3) is 11.8 Å². The minimum atomic E-state index is -0.794. The fraction of sp³-hybridized carbons (Fsp3) is 0.391. The monoisotopic (exact) mass is 421 g/mol. The van der Waals surface area contributed by atoms with Gasteiger partial charge in [-0.1, -0.05) is 26.0 Å². The van der Waals surface area contributed by atoms with E-state index in [0.717, 1.165) is 24.2 Å². The first-order chi connectivity index (χ1) is 14.9. The van der Waals surface area contributed by atoms with Crippen molar-refractivity contribution in [2.45, 2.75) is 52.7 Å². The van der Waals surface area contributed by atoms with Gasteiger partial charge in [0.05, 0.1) is 18.4 Å². The highest BCUT2D eigenvalue weighted by atomic mass is 16.5. The highest BCUT2D eigenvalue weighted by Crippen LogP contribution is 2.34. The van der Waals surface area contributed by atoms with Crippen LogP contribution in [0.3, 0.4) is 0 Å². The summed E-state index contributed by atoms with van der Waals surface area (Å²) in [7, 11) is 0. The maximum absolute atomic E-state index is 13.6. The van der Waals surface area contributed by atoms with Crippen molar-refractivity contribution in [3.8, 4) is 5.75 Å². The maximum Gasteiger partial charge on any atom is 0.264 e. The van der Waals surface area contributed by atoms with E-state index >= 15 is 0 Å². The van der Waals surface area contributed by atoms with E-state index in [-0.39, 0.29) is 24.4 Å². The van der Waals surface area contributed by atoms with Gasteiger partial charge >= 0.3 is 0 Å². The molecular formula is C23H27N5O3. The Balaban J connectivity index is 1.70. The Hall–Kier alpha value is -3.42. The van der Waals surface area contributed by atoms with Crippen LogP contribution in [0.1, 0.15) is 48.4 Å². The van der Waals surface area contributed by atoms with Crippen molar-refractivity contribution in [1.29, 1.82) is 0 Å². The second-order valence-electron chi connectivity index (χ2n) is 7.84. The molecular weight excluding hydrogens is 394 g/mol. The molecule has 162 valence electrons. The van der Waals surface area contributed by atoms with Crippen LogP contribution in [0.25, 0.3) is 5.65 Å². The minimum absolute atomic E-state index is 0.0761. The Labute approximate surface area is 181 Å². The molecule has 0 saturated carbocycles. The quantitative estimate of drug-likeness (QED) is 0.684. The van der Waals surface area contributed by atoms with Crippen LogP contribution in [0.2, 0.25) is 0 Å². The molecule has 0 radical (unpaired) electrons. The number of anilines is 1. The molecule has 0 aliphatic carbocycles. The van der Waals surface area contributed by atoms with Crippen LogP contribution in [0.5, 0.6) is 5.75 Å². The van der Waals surface area contributed by atoms with Gasteiger partial charge in [0.15, 0.2) is 11.8 Å². The SMILES string of the molecule is CCC(CC)NC(=O)C1CN(C(=O)c2cnn3c(C)cc(C)nc23)c2ccccc2O1. The van der Waals surface area contributed by atoms with E-state index in [2.05, 4.69) is 15.4 Å². The van der Waals surface area contributed by atoms with E-state index in [1.165, 1.54) is 6.20 Å². The third-order valence-corrected chi connectivity index (χ3v) is 5.65. The molecule has 0 spiro atoms. The van der Waals surface area contributed by atoms with Gasteiger partial charge < -0.3 is 15.0 Å². The smallest absolute Gasteiger partial charge is 0.264 e. The lowest BCUT2D eigenvalue weighted by Crippen LogP contribution is -2.52. The summed E-state index contributed by atoms with van der Waals surface area (Å²) in [5.41, 5.74) is 3.23. The number of hydrogen-bond acceptors (Lipinski definition) is 5. The number of ether oxygens (including phenoxy) is 1. The van der Waals surface area contributed by atoms with Crippen molar-refractivity contribution in [1.82, 2.24) is 19.9 Å². The van der Waals surface area contributed by atoms with Gasteiger partial charge in [-0.2, -0.15) is 5.10 Å². The summed E-state index contributed by atoms with van der Waals surface area (Å²) in [6.07, 6.45) is 2.41. The summed E-state index contributed by atoms with van der Waals surface area (Å²) < 4.78 is 7.62. The Morgan fingerprint density at radius 3 is 2.71 bits per heavy atom. The maximum atomic E-state index is 13.6. The normalized spacial score (nSPS) is 15.6. The molecule has 1 atom stereocenters. The van der Waals surface area contributed by atoms with E-state index in [1.807, 2.05) is 52.0 Å². The number of aryl methyl sites for hydroxylation is 2. The predicted octanol–water partition coefficient (Wildman–Crippen LogP) is 3.06. The van der Waals surface area contributed by atoms with Crippen LogP contribution in [0.15, 0.2) is 36.5 Å². The number of amides is 2. The molecule has 3 heterocycles. The largest absolute Gasteiger partial charge is 0.477 e. The van der Waals surface area contributed by atoms with E-state index < -0.39 is 6.10 Å². The van der Waals surface area contributed by atoms with Gasteiger partial charge in [-0.3, -0.25) is 9.59 Å².